The van der Waals surface area contributed by atoms with Crippen LogP contribution >= 0.6 is 0 Å². The Bertz CT molecular complexity index is 2670. The van der Waals surface area contributed by atoms with E-state index in [0.717, 1.165) is 44.5 Å². The Morgan fingerprint density at radius 3 is 2.00 bits per heavy atom. The fourth-order valence-electron chi connectivity index (χ4n) is 7.47. The quantitative estimate of drug-likeness (QED) is 0.194. The topological polar surface area (TPSA) is 29.3 Å². The second-order valence-electron chi connectivity index (χ2n) is 12.4. The highest BCUT2D eigenvalue weighted by Gasteiger charge is 2.23. The van der Waals surface area contributed by atoms with E-state index in [2.05, 4.69) is 150 Å². The van der Waals surface area contributed by atoms with Gasteiger partial charge in [0.2, 0.25) is 5.71 Å². The zero-order chi connectivity index (χ0) is 31.6. The van der Waals surface area contributed by atoms with Crippen LogP contribution in [0.2, 0.25) is 0 Å². The van der Waals surface area contributed by atoms with Gasteiger partial charge in [0, 0.05) is 16.6 Å². The van der Waals surface area contributed by atoms with Gasteiger partial charge in [-0.2, -0.15) is 0 Å². The molecule has 0 bridgehead atoms. The van der Waals surface area contributed by atoms with Crippen LogP contribution in [0.15, 0.2) is 174 Å². The summed E-state index contributed by atoms with van der Waals surface area (Å²) < 4.78 is 6.10. The van der Waals surface area contributed by atoms with Gasteiger partial charge in [0.05, 0.1) is 23.0 Å². The lowest BCUT2D eigenvalue weighted by Gasteiger charge is -2.27. The Hall–Kier alpha value is -6.45. The van der Waals surface area contributed by atoms with Crippen molar-refractivity contribution in [3.05, 3.63) is 170 Å². The van der Waals surface area contributed by atoms with Crippen molar-refractivity contribution in [3.8, 4) is 44.5 Å². The molecule has 0 aliphatic heterocycles. The van der Waals surface area contributed by atoms with Gasteiger partial charge in [-0.25, -0.2) is 4.98 Å². The summed E-state index contributed by atoms with van der Waals surface area (Å²) >= 11 is 0. The summed E-state index contributed by atoms with van der Waals surface area (Å²) in [4.78, 5) is 7.13. The van der Waals surface area contributed by atoms with Crippen molar-refractivity contribution >= 4 is 49.9 Å². The van der Waals surface area contributed by atoms with Gasteiger partial charge in [0.1, 0.15) is 5.58 Å². The first-order valence-corrected chi connectivity index (χ1v) is 16.3. The highest BCUT2D eigenvalue weighted by atomic mass is 16.3. The number of anilines is 3. The van der Waals surface area contributed by atoms with E-state index < -0.39 is 0 Å². The lowest BCUT2D eigenvalue weighted by molar-refractivity contribution is 0.654. The maximum absolute atomic E-state index is 6.10. The Morgan fingerprint density at radius 1 is 0.438 bits per heavy atom. The summed E-state index contributed by atoms with van der Waals surface area (Å²) in [6.07, 6.45) is 1.92. The summed E-state index contributed by atoms with van der Waals surface area (Å²) in [5, 5.41) is 4.67. The smallest absolute Gasteiger partial charge is 0.227 e. The molecule has 0 radical (unpaired) electrons. The standard InChI is InChI=1S/C45H28N2O/c1-2-11-30(12-3-1)35-14-6-8-19-42(35)47(34-27-41-38-17-7-9-20-43(38)48-45(41)46-28-34)33-23-21-29(22-24-33)32-25-31-13-10-18-39-36-15-4-5-16-37(36)40(26-32)44(31)39/h1-28H. The lowest BCUT2D eigenvalue weighted by Crippen LogP contribution is -2.11. The second-order valence-corrected chi connectivity index (χ2v) is 12.4. The number of pyridine rings is 1. The van der Waals surface area contributed by atoms with Gasteiger partial charge in [-0.05, 0) is 92.2 Å². The number of benzene rings is 7. The van der Waals surface area contributed by atoms with Crippen LogP contribution in [0.1, 0.15) is 0 Å². The molecule has 1 aliphatic carbocycles. The van der Waals surface area contributed by atoms with Crippen molar-refractivity contribution < 1.29 is 4.42 Å². The van der Waals surface area contributed by atoms with Crippen LogP contribution in [0.25, 0.3) is 77.3 Å². The van der Waals surface area contributed by atoms with Crippen molar-refractivity contribution in [1.82, 2.24) is 4.98 Å². The molecule has 0 saturated heterocycles. The van der Waals surface area contributed by atoms with Gasteiger partial charge in [0.25, 0.3) is 0 Å². The van der Waals surface area contributed by atoms with E-state index in [-0.39, 0.29) is 0 Å². The fraction of sp³-hybridized carbons (Fsp3) is 0. The molecule has 9 aromatic rings. The monoisotopic (exact) mass is 612 g/mol. The van der Waals surface area contributed by atoms with Crippen molar-refractivity contribution in [2.75, 3.05) is 4.90 Å². The van der Waals surface area contributed by atoms with Crippen molar-refractivity contribution in [1.29, 1.82) is 0 Å². The third-order valence-electron chi connectivity index (χ3n) is 9.65. The number of fused-ring (bicyclic) bond motifs is 6. The number of hydrogen-bond acceptors (Lipinski definition) is 3. The highest BCUT2D eigenvalue weighted by molar-refractivity contribution is 6.16. The van der Waals surface area contributed by atoms with Crippen LogP contribution in [-0.2, 0) is 0 Å². The van der Waals surface area contributed by atoms with Crippen LogP contribution in [0.5, 0.6) is 0 Å². The van der Waals surface area contributed by atoms with Crippen molar-refractivity contribution in [3.63, 3.8) is 0 Å². The Labute approximate surface area is 278 Å². The van der Waals surface area contributed by atoms with Crippen LogP contribution < -0.4 is 4.90 Å². The molecule has 48 heavy (non-hydrogen) atoms. The molecule has 0 atom stereocenters. The van der Waals surface area contributed by atoms with E-state index in [1.54, 1.807) is 0 Å². The van der Waals surface area contributed by atoms with Gasteiger partial charge in [-0.15, -0.1) is 0 Å². The summed E-state index contributed by atoms with van der Waals surface area (Å²) in [5.74, 6) is 0. The number of hydrogen-bond donors (Lipinski definition) is 0. The average Bonchev–Trinajstić information content (AvgIpc) is 3.69. The molecule has 0 saturated carbocycles. The molecule has 0 fully saturated rings. The first-order valence-electron chi connectivity index (χ1n) is 16.3. The zero-order valence-electron chi connectivity index (χ0n) is 26.0. The lowest BCUT2D eigenvalue weighted by atomic mass is 9.96. The molecule has 0 spiro atoms. The van der Waals surface area contributed by atoms with Crippen LogP contribution in [0.4, 0.5) is 17.1 Å². The van der Waals surface area contributed by atoms with Crippen LogP contribution in [-0.4, -0.2) is 4.98 Å². The minimum Gasteiger partial charge on any atom is -0.438 e. The molecule has 3 nitrogen and oxygen atoms in total. The molecule has 0 unspecified atom stereocenters. The largest absolute Gasteiger partial charge is 0.438 e. The zero-order valence-corrected chi connectivity index (χ0v) is 26.0. The summed E-state index contributed by atoms with van der Waals surface area (Å²) in [6, 6.07) is 58.5. The van der Waals surface area contributed by atoms with Crippen LogP contribution in [0.3, 0.4) is 0 Å². The van der Waals surface area contributed by atoms with E-state index in [0.29, 0.717) is 5.71 Å². The molecular formula is C45H28N2O. The van der Waals surface area contributed by atoms with Gasteiger partial charge in [-0.3, -0.25) is 0 Å². The predicted molar refractivity (Wildman–Crippen MR) is 199 cm³/mol. The summed E-state index contributed by atoms with van der Waals surface area (Å²) in [6.45, 7) is 0. The number of para-hydroxylation sites is 2. The normalized spacial score (nSPS) is 11.8. The minimum absolute atomic E-state index is 0.640. The van der Waals surface area contributed by atoms with E-state index in [9.17, 15) is 0 Å². The molecule has 0 amide bonds. The molecule has 2 aromatic heterocycles. The molecule has 1 aliphatic rings. The number of rotatable bonds is 5. The van der Waals surface area contributed by atoms with Gasteiger partial charge in [-0.1, -0.05) is 121 Å². The molecule has 2 heterocycles. The maximum atomic E-state index is 6.10. The first-order chi connectivity index (χ1) is 23.8. The number of nitrogens with zero attached hydrogens (tertiary/aromatic N) is 2. The third kappa shape index (κ3) is 4.11. The van der Waals surface area contributed by atoms with E-state index in [4.69, 9.17) is 9.40 Å². The molecule has 3 heteroatoms. The molecule has 0 N–H and O–H groups in total. The summed E-state index contributed by atoms with van der Waals surface area (Å²) in [7, 11) is 0. The SMILES string of the molecule is c1ccc(-c2ccccc2N(c2ccc(-c3cc4c5c(cccc5c3)-c3ccccc3-4)cc2)c2cnc3oc4ccccc4c3c2)cc1. The maximum Gasteiger partial charge on any atom is 0.227 e. The molecule has 7 aromatic carbocycles. The third-order valence-corrected chi connectivity index (χ3v) is 9.65. The first kappa shape index (κ1) is 26.7. The van der Waals surface area contributed by atoms with Crippen molar-refractivity contribution in [2.45, 2.75) is 0 Å². The molecule has 224 valence electrons. The predicted octanol–water partition coefficient (Wildman–Crippen LogP) is 12.6. The Balaban J connectivity index is 1.14. The van der Waals surface area contributed by atoms with Gasteiger partial charge >= 0.3 is 0 Å². The minimum atomic E-state index is 0.640. The van der Waals surface area contributed by atoms with E-state index >= 15 is 0 Å². The Kier molecular flexibility index (Phi) is 5.87. The number of aromatic nitrogens is 1. The Morgan fingerprint density at radius 2 is 1.15 bits per heavy atom. The molecule has 10 rings (SSSR count). The number of furan rings is 1. The van der Waals surface area contributed by atoms with Crippen molar-refractivity contribution in [2.24, 2.45) is 0 Å². The fourth-order valence-corrected chi connectivity index (χ4v) is 7.47. The average molecular weight is 613 g/mol. The van der Waals surface area contributed by atoms with Gasteiger partial charge in [0.15, 0.2) is 0 Å². The summed E-state index contributed by atoms with van der Waals surface area (Å²) in [5.41, 5.74) is 14.5. The van der Waals surface area contributed by atoms with E-state index in [1.807, 2.05) is 24.4 Å². The molecular weight excluding hydrogens is 585 g/mol. The van der Waals surface area contributed by atoms with Crippen LogP contribution in [0, 0.1) is 0 Å². The second kappa shape index (κ2) is 10.5. The van der Waals surface area contributed by atoms with E-state index in [1.165, 1.54) is 44.2 Å². The highest BCUT2D eigenvalue weighted by Crippen LogP contribution is 2.49. The van der Waals surface area contributed by atoms with Gasteiger partial charge < -0.3 is 9.32 Å².